The topological polar surface area (TPSA) is 113 Å². The van der Waals surface area contributed by atoms with Crippen molar-refractivity contribution < 1.29 is 29.3 Å². The molecule has 11 atom stereocenters. The molecule has 3 N–H and O–H groups in total. The van der Waals surface area contributed by atoms with Crippen molar-refractivity contribution in [2.45, 2.75) is 132 Å². The standard InChI is InChI=1S/C36H59NO6/c1-8-9-29(41)43-27-14-15-33(5)25(32(27,3)4)13-16-35(7)26(33)11-10-24-30-23(22(2)21-38)12-17-36(30,19-18-34(24,35)6)31(42)37-20-28(39)40/h22-27,30,38H,8-21H2,1-7H3,(H,37,42)(H,39,40)/t22-,23-,24+,25-,26+,27+,30+,33-,34+,35+,36-/m0/s1. The van der Waals surface area contributed by atoms with Crippen molar-refractivity contribution in [3.63, 3.8) is 0 Å². The smallest absolute Gasteiger partial charge is 0.322 e. The van der Waals surface area contributed by atoms with Gasteiger partial charge in [0, 0.05) is 18.4 Å². The van der Waals surface area contributed by atoms with Crippen molar-refractivity contribution in [1.82, 2.24) is 5.32 Å². The lowest BCUT2D eigenvalue weighted by Gasteiger charge is -2.73. The van der Waals surface area contributed by atoms with Crippen molar-refractivity contribution in [1.29, 1.82) is 0 Å². The fourth-order valence-corrected chi connectivity index (χ4v) is 12.7. The quantitative estimate of drug-likeness (QED) is 0.270. The number of nitrogens with one attached hydrogen (secondary N) is 1. The van der Waals surface area contributed by atoms with E-state index in [0.29, 0.717) is 24.2 Å². The molecule has 0 bridgehead atoms. The fourth-order valence-electron chi connectivity index (χ4n) is 12.7. The molecule has 5 aliphatic rings. The number of hydrogen-bond donors (Lipinski definition) is 3. The van der Waals surface area contributed by atoms with Gasteiger partial charge in [-0.15, -0.1) is 0 Å². The van der Waals surface area contributed by atoms with E-state index in [1.54, 1.807) is 0 Å². The van der Waals surface area contributed by atoms with E-state index in [1.165, 1.54) is 0 Å². The number of ether oxygens (including phenoxy) is 1. The first-order valence-corrected chi connectivity index (χ1v) is 17.4. The maximum Gasteiger partial charge on any atom is 0.322 e. The molecular formula is C36H59NO6. The van der Waals surface area contributed by atoms with Gasteiger partial charge < -0.3 is 20.3 Å². The summed E-state index contributed by atoms with van der Waals surface area (Å²) in [5, 5.41) is 22.4. The number of aliphatic carboxylic acids is 1. The molecule has 7 heteroatoms. The second kappa shape index (κ2) is 11.3. The summed E-state index contributed by atoms with van der Waals surface area (Å²) in [6.07, 6.45) is 11.3. The van der Waals surface area contributed by atoms with Crippen molar-refractivity contribution in [2.75, 3.05) is 13.2 Å². The molecule has 0 aromatic heterocycles. The molecule has 5 saturated carbocycles. The van der Waals surface area contributed by atoms with Crippen molar-refractivity contribution >= 4 is 17.8 Å². The van der Waals surface area contributed by atoms with Crippen LogP contribution >= 0.6 is 0 Å². The predicted molar refractivity (Wildman–Crippen MR) is 166 cm³/mol. The molecule has 0 aliphatic heterocycles. The molecular weight excluding hydrogens is 542 g/mol. The zero-order valence-electron chi connectivity index (χ0n) is 28.0. The van der Waals surface area contributed by atoms with E-state index in [4.69, 9.17) is 4.74 Å². The molecule has 1 amide bonds. The second-order valence-corrected chi connectivity index (χ2v) is 16.9. The molecule has 0 aromatic carbocycles. The monoisotopic (exact) mass is 601 g/mol. The summed E-state index contributed by atoms with van der Waals surface area (Å²) >= 11 is 0. The zero-order chi connectivity index (χ0) is 31.6. The number of carbonyl (C=O) groups excluding carboxylic acids is 2. The van der Waals surface area contributed by atoms with Gasteiger partial charge in [0.05, 0.1) is 5.41 Å². The lowest BCUT2D eigenvalue weighted by molar-refractivity contribution is -0.250. The average Bonchev–Trinajstić information content (AvgIpc) is 3.34. The Kier molecular flexibility index (Phi) is 8.62. The Morgan fingerprint density at radius 3 is 2.26 bits per heavy atom. The van der Waals surface area contributed by atoms with Gasteiger partial charge in [0.1, 0.15) is 12.6 Å². The summed E-state index contributed by atoms with van der Waals surface area (Å²) in [6.45, 7) is 16.3. The minimum atomic E-state index is -1.00. The molecule has 0 heterocycles. The summed E-state index contributed by atoms with van der Waals surface area (Å²) in [5.41, 5.74) is -0.258. The van der Waals surface area contributed by atoms with E-state index >= 15 is 0 Å². The highest BCUT2D eigenvalue weighted by atomic mass is 16.5. The van der Waals surface area contributed by atoms with Crippen LogP contribution in [0.25, 0.3) is 0 Å². The maximum atomic E-state index is 13.9. The average molecular weight is 602 g/mol. The van der Waals surface area contributed by atoms with Crippen LogP contribution in [-0.2, 0) is 19.1 Å². The number of carboxylic acids is 1. The van der Waals surface area contributed by atoms with Gasteiger partial charge in [-0.2, -0.15) is 0 Å². The lowest BCUT2D eigenvalue weighted by Crippen LogP contribution is -2.67. The lowest BCUT2D eigenvalue weighted by atomic mass is 9.32. The van der Waals surface area contributed by atoms with E-state index < -0.39 is 11.4 Å². The number of amides is 1. The van der Waals surface area contributed by atoms with Crippen LogP contribution in [0.1, 0.15) is 126 Å². The Morgan fingerprint density at radius 1 is 0.884 bits per heavy atom. The van der Waals surface area contributed by atoms with Crippen LogP contribution in [0.3, 0.4) is 0 Å². The molecule has 5 rings (SSSR count). The Bertz CT molecular complexity index is 1110. The number of esters is 1. The summed E-state index contributed by atoms with van der Waals surface area (Å²) < 4.78 is 6.13. The fraction of sp³-hybridized carbons (Fsp3) is 0.917. The molecule has 0 aromatic rings. The largest absolute Gasteiger partial charge is 0.480 e. The highest BCUT2D eigenvalue weighted by Gasteiger charge is 2.72. The molecule has 244 valence electrons. The molecule has 5 fully saturated rings. The van der Waals surface area contributed by atoms with Crippen LogP contribution in [0, 0.1) is 62.6 Å². The molecule has 0 unspecified atom stereocenters. The van der Waals surface area contributed by atoms with Crippen LogP contribution in [0.2, 0.25) is 0 Å². The summed E-state index contributed by atoms with van der Waals surface area (Å²) in [6, 6.07) is 0. The number of aliphatic hydroxyl groups is 1. The normalized spacial score (nSPS) is 45.5. The molecule has 0 saturated heterocycles. The Hall–Kier alpha value is -1.63. The van der Waals surface area contributed by atoms with Crippen LogP contribution < -0.4 is 5.32 Å². The highest BCUT2D eigenvalue weighted by Crippen LogP contribution is 2.77. The van der Waals surface area contributed by atoms with Gasteiger partial charge in [-0.3, -0.25) is 14.4 Å². The Labute approximate surface area is 259 Å². The van der Waals surface area contributed by atoms with Crippen LogP contribution in [0.15, 0.2) is 0 Å². The summed E-state index contributed by atoms with van der Waals surface area (Å²) in [4.78, 5) is 37.8. The minimum Gasteiger partial charge on any atom is -0.480 e. The van der Waals surface area contributed by atoms with Crippen molar-refractivity contribution in [3.8, 4) is 0 Å². The van der Waals surface area contributed by atoms with Gasteiger partial charge in [-0.1, -0.05) is 48.5 Å². The first kappa shape index (κ1) is 32.8. The molecule has 43 heavy (non-hydrogen) atoms. The van der Waals surface area contributed by atoms with Gasteiger partial charge in [0.15, 0.2) is 0 Å². The first-order chi connectivity index (χ1) is 20.1. The second-order valence-electron chi connectivity index (χ2n) is 16.9. The highest BCUT2D eigenvalue weighted by molar-refractivity contribution is 5.86. The molecule has 7 nitrogen and oxygen atoms in total. The predicted octanol–water partition coefficient (Wildman–Crippen LogP) is 6.61. The van der Waals surface area contributed by atoms with E-state index in [0.717, 1.165) is 70.6 Å². The Balaban J connectivity index is 1.47. The Morgan fingerprint density at radius 2 is 1.60 bits per heavy atom. The van der Waals surface area contributed by atoms with Crippen molar-refractivity contribution in [3.05, 3.63) is 0 Å². The number of rotatable bonds is 8. The summed E-state index contributed by atoms with van der Waals surface area (Å²) in [7, 11) is 0. The third-order valence-electron chi connectivity index (χ3n) is 15.0. The van der Waals surface area contributed by atoms with Crippen LogP contribution in [0.4, 0.5) is 0 Å². The van der Waals surface area contributed by atoms with Crippen LogP contribution in [-0.4, -0.2) is 47.3 Å². The van der Waals surface area contributed by atoms with Gasteiger partial charge in [-0.25, -0.2) is 0 Å². The van der Waals surface area contributed by atoms with E-state index in [1.807, 2.05) is 6.92 Å². The first-order valence-electron chi connectivity index (χ1n) is 17.4. The number of aliphatic hydroxyl groups excluding tert-OH is 1. The zero-order valence-corrected chi connectivity index (χ0v) is 28.0. The molecule has 5 aliphatic carbocycles. The number of carboxylic acid groups (broad SMARTS) is 1. The third-order valence-corrected chi connectivity index (χ3v) is 15.0. The van der Waals surface area contributed by atoms with E-state index in [-0.39, 0.29) is 70.5 Å². The number of hydrogen-bond acceptors (Lipinski definition) is 5. The minimum absolute atomic E-state index is 0.0280. The third kappa shape index (κ3) is 4.79. The number of fused-ring (bicyclic) bond motifs is 7. The SMILES string of the molecule is CCCC(=O)O[C@@H]1CC[C@]2(C)[C@H]3CC[C@@H]4[C@H]5[C@H]([C@@H](C)CO)CC[C@]5(C(=O)NCC(=O)O)CC[C@@]4(C)[C@]3(C)CC[C@H]2C1(C)C. The maximum absolute atomic E-state index is 13.9. The molecule has 0 radical (unpaired) electrons. The van der Waals surface area contributed by atoms with Gasteiger partial charge in [0.2, 0.25) is 5.91 Å². The van der Waals surface area contributed by atoms with Crippen LogP contribution in [0.5, 0.6) is 0 Å². The summed E-state index contributed by atoms with van der Waals surface area (Å²) in [5.74, 6) is 0.843. The van der Waals surface area contributed by atoms with Gasteiger partial charge >= 0.3 is 11.9 Å². The van der Waals surface area contributed by atoms with Gasteiger partial charge in [0.25, 0.3) is 0 Å². The van der Waals surface area contributed by atoms with Gasteiger partial charge in [-0.05, 0) is 122 Å². The van der Waals surface area contributed by atoms with E-state index in [2.05, 4.69) is 46.9 Å². The molecule has 0 spiro atoms. The van der Waals surface area contributed by atoms with E-state index in [9.17, 15) is 24.6 Å². The number of carbonyl (C=O) groups is 3. The van der Waals surface area contributed by atoms with Crippen molar-refractivity contribution in [2.24, 2.45) is 62.6 Å².